The molecule has 0 spiro atoms. The van der Waals surface area contributed by atoms with E-state index in [0.717, 1.165) is 25.7 Å². The molecule has 0 N–H and O–H groups in total. The van der Waals surface area contributed by atoms with Gasteiger partial charge in [-0.1, -0.05) is 0 Å². The highest BCUT2D eigenvalue weighted by Crippen LogP contribution is 2.49. The lowest BCUT2D eigenvalue weighted by molar-refractivity contribution is -0.165. The molecule has 3 saturated carbocycles. The predicted octanol–water partition coefficient (Wildman–Crippen LogP) is 1.70. The fraction of sp³-hybridized carbons (Fsp3) is 0.818. The predicted molar refractivity (Wildman–Crippen MR) is 50.6 cm³/mol. The maximum atomic E-state index is 11.7. The van der Waals surface area contributed by atoms with Crippen LogP contribution in [0.2, 0.25) is 0 Å². The highest BCUT2D eigenvalue weighted by atomic mass is 16.5. The third-order valence-corrected chi connectivity index (χ3v) is 3.62. The van der Waals surface area contributed by atoms with Crippen LogP contribution < -0.4 is 0 Å². The Bertz CT molecular complexity index is 262. The molecule has 0 aromatic heterocycles. The molecule has 2 bridgehead atoms. The summed E-state index contributed by atoms with van der Waals surface area (Å²) in [5, 5.41) is 0. The van der Waals surface area contributed by atoms with Gasteiger partial charge in [0.1, 0.15) is 5.78 Å². The standard InChI is InChI=1S/C11H16O3/c1-2-14-10(13)11-5-3-8(4-6-11)9(12)7-11/h8H,2-7H2,1H3. The summed E-state index contributed by atoms with van der Waals surface area (Å²) in [6, 6.07) is 0. The van der Waals surface area contributed by atoms with Gasteiger partial charge < -0.3 is 4.74 Å². The summed E-state index contributed by atoms with van der Waals surface area (Å²) in [4.78, 5) is 23.3. The molecular weight excluding hydrogens is 180 g/mol. The van der Waals surface area contributed by atoms with E-state index >= 15 is 0 Å². The number of fused-ring (bicyclic) bond motifs is 3. The zero-order valence-corrected chi connectivity index (χ0v) is 8.54. The molecule has 0 aromatic rings. The SMILES string of the molecule is CCOC(=O)C12CCC(CC1)C(=O)C2. The molecule has 3 aliphatic rings. The average molecular weight is 196 g/mol. The van der Waals surface area contributed by atoms with Gasteiger partial charge in [0.2, 0.25) is 0 Å². The number of ketones is 1. The van der Waals surface area contributed by atoms with Gasteiger partial charge in [0.15, 0.2) is 0 Å². The van der Waals surface area contributed by atoms with Crippen LogP contribution >= 0.6 is 0 Å². The Morgan fingerprint density at radius 2 is 2.14 bits per heavy atom. The first kappa shape index (κ1) is 9.69. The van der Waals surface area contributed by atoms with Gasteiger partial charge in [-0.15, -0.1) is 0 Å². The number of hydrogen-bond donors (Lipinski definition) is 0. The van der Waals surface area contributed by atoms with E-state index < -0.39 is 5.41 Å². The molecule has 3 heteroatoms. The summed E-state index contributed by atoms with van der Waals surface area (Å²) in [7, 11) is 0. The van der Waals surface area contributed by atoms with E-state index in [4.69, 9.17) is 4.74 Å². The Morgan fingerprint density at radius 3 is 2.64 bits per heavy atom. The number of esters is 1. The van der Waals surface area contributed by atoms with E-state index in [1.165, 1.54) is 0 Å². The summed E-state index contributed by atoms with van der Waals surface area (Å²) in [5.41, 5.74) is -0.443. The first-order valence-electron chi connectivity index (χ1n) is 5.38. The van der Waals surface area contributed by atoms with Gasteiger partial charge in [-0.3, -0.25) is 9.59 Å². The van der Waals surface area contributed by atoms with Gasteiger partial charge in [0.05, 0.1) is 12.0 Å². The Morgan fingerprint density at radius 1 is 1.50 bits per heavy atom. The van der Waals surface area contributed by atoms with E-state index in [1.807, 2.05) is 6.92 Å². The summed E-state index contributed by atoms with van der Waals surface area (Å²) >= 11 is 0. The number of ether oxygens (including phenoxy) is 1. The molecule has 3 rings (SSSR count). The lowest BCUT2D eigenvalue weighted by Gasteiger charge is -2.43. The minimum atomic E-state index is -0.443. The van der Waals surface area contributed by atoms with Crippen molar-refractivity contribution in [3.8, 4) is 0 Å². The molecule has 0 heterocycles. The summed E-state index contributed by atoms with van der Waals surface area (Å²) < 4.78 is 5.06. The molecule has 0 saturated heterocycles. The topological polar surface area (TPSA) is 43.4 Å². The quantitative estimate of drug-likeness (QED) is 0.631. The minimum Gasteiger partial charge on any atom is -0.466 e. The molecule has 3 nitrogen and oxygen atoms in total. The first-order valence-corrected chi connectivity index (χ1v) is 5.38. The highest BCUT2D eigenvalue weighted by molar-refractivity contribution is 5.91. The number of hydrogen-bond acceptors (Lipinski definition) is 3. The second kappa shape index (κ2) is 3.37. The van der Waals surface area contributed by atoms with Crippen LogP contribution in [0.15, 0.2) is 0 Å². The lowest BCUT2D eigenvalue weighted by atomic mass is 9.60. The van der Waals surface area contributed by atoms with Crippen molar-refractivity contribution in [3.05, 3.63) is 0 Å². The van der Waals surface area contributed by atoms with Crippen molar-refractivity contribution >= 4 is 11.8 Å². The molecule has 0 aromatic carbocycles. The van der Waals surface area contributed by atoms with Crippen molar-refractivity contribution in [2.24, 2.45) is 11.3 Å². The molecule has 0 amide bonds. The monoisotopic (exact) mass is 196 g/mol. The largest absolute Gasteiger partial charge is 0.466 e. The Labute approximate surface area is 83.8 Å². The molecular formula is C11H16O3. The van der Waals surface area contributed by atoms with Crippen LogP contribution in [-0.4, -0.2) is 18.4 Å². The summed E-state index contributed by atoms with van der Waals surface area (Å²) in [6.07, 6.45) is 3.90. The van der Waals surface area contributed by atoms with E-state index in [1.54, 1.807) is 0 Å². The van der Waals surface area contributed by atoms with Gasteiger partial charge in [0.25, 0.3) is 0 Å². The van der Waals surface area contributed by atoms with E-state index in [0.29, 0.717) is 13.0 Å². The van der Waals surface area contributed by atoms with Crippen molar-refractivity contribution in [2.45, 2.75) is 39.0 Å². The summed E-state index contributed by atoms with van der Waals surface area (Å²) in [5.74, 6) is 0.369. The fourth-order valence-corrected chi connectivity index (χ4v) is 2.71. The van der Waals surface area contributed by atoms with Crippen molar-refractivity contribution in [1.29, 1.82) is 0 Å². The molecule has 3 aliphatic carbocycles. The van der Waals surface area contributed by atoms with Gasteiger partial charge >= 0.3 is 5.97 Å². The number of Topliss-reactive ketones (excluding diaryl/α,β-unsaturated/α-hetero) is 1. The zero-order valence-electron chi connectivity index (χ0n) is 8.54. The van der Waals surface area contributed by atoms with Gasteiger partial charge in [-0.2, -0.15) is 0 Å². The van der Waals surface area contributed by atoms with Crippen LogP contribution in [0, 0.1) is 11.3 Å². The minimum absolute atomic E-state index is 0.147. The van der Waals surface area contributed by atoms with Crippen molar-refractivity contribution < 1.29 is 14.3 Å². The van der Waals surface area contributed by atoms with Crippen LogP contribution in [0.1, 0.15) is 39.0 Å². The van der Waals surface area contributed by atoms with Crippen molar-refractivity contribution in [1.82, 2.24) is 0 Å². The second-order valence-corrected chi connectivity index (χ2v) is 4.42. The zero-order chi connectivity index (χ0) is 10.2. The van der Waals surface area contributed by atoms with E-state index in [2.05, 4.69) is 0 Å². The number of rotatable bonds is 2. The molecule has 0 radical (unpaired) electrons. The highest BCUT2D eigenvalue weighted by Gasteiger charge is 2.50. The van der Waals surface area contributed by atoms with Crippen molar-refractivity contribution in [2.75, 3.05) is 6.61 Å². The number of carbonyl (C=O) groups excluding carboxylic acids is 2. The van der Waals surface area contributed by atoms with Gasteiger partial charge in [0, 0.05) is 12.3 Å². The third kappa shape index (κ3) is 1.35. The van der Waals surface area contributed by atoms with Gasteiger partial charge in [-0.25, -0.2) is 0 Å². The maximum absolute atomic E-state index is 11.7. The molecule has 0 aliphatic heterocycles. The third-order valence-electron chi connectivity index (χ3n) is 3.62. The van der Waals surface area contributed by atoms with Crippen LogP contribution in [0.3, 0.4) is 0 Å². The molecule has 0 atom stereocenters. The Hall–Kier alpha value is -0.860. The van der Waals surface area contributed by atoms with E-state index in [-0.39, 0.29) is 17.7 Å². The van der Waals surface area contributed by atoms with Gasteiger partial charge in [-0.05, 0) is 32.6 Å². The lowest BCUT2D eigenvalue weighted by Crippen LogP contribution is -2.46. The average Bonchev–Trinajstić information content (AvgIpc) is 2.19. The molecule has 3 fully saturated rings. The van der Waals surface area contributed by atoms with Crippen LogP contribution in [0.4, 0.5) is 0 Å². The van der Waals surface area contributed by atoms with Crippen molar-refractivity contribution in [3.63, 3.8) is 0 Å². The normalized spacial score (nSPS) is 35.8. The fourth-order valence-electron chi connectivity index (χ4n) is 2.71. The van der Waals surface area contributed by atoms with Crippen LogP contribution in [-0.2, 0) is 14.3 Å². The van der Waals surface area contributed by atoms with Crippen LogP contribution in [0.25, 0.3) is 0 Å². The Balaban J connectivity index is 2.14. The smallest absolute Gasteiger partial charge is 0.312 e. The Kier molecular flexibility index (Phi) is 2.33. The summed E-state index contributed by atoms with van der Waals surface area (Å²) in [6.45, 7) is 2.23. The molecule has 78 valence electrons. The number of carbonyl (C=O) groups is 2. The van der Waals surface area contributed by atoms with Crippen LogP contribution in [0.5, 0.6) is 0 Å². The first-order chi connectivity index (χ1) is 6.68. The molecule has 0 unspecified atom stereocenters. The van der Waals surface area contributed by atoms with E-state index in [9.17, 15) is 9.59 Å². The second-order valence-electron chi connectivity index (χ2n) is 4.42. The molecule has 14 heavy (non-hydrogen) atoms. The maximum Gasteiger partial charge on any atom is 0.312 e.